The molecule has 23 heavy (non-hydrogen) atoms. The molecule has 2 rings (SSSR count). The highest BCUT2D eigenvalue weighted by molar-refractivity contribution is 5.74. The number of carbonyl (C=O) groups excluding carboxylic acids is 1. The Bertz CT molecular complexity index is 566. The minimum atomic E-state index is -1.02. The molecule has 126 valence electrons. The van der Waals surface area contributed by atoms with Gasteiger partial charge < -0.3 is 20.5 Å². The summed E-state index contributed by atoms with van der Waals surface area (Å²) < 4.78 is 30.9. The highest BCUT2D eigenvalue weighted by atomic mass is 19.2. The Balaban J connectivity index is 1.66. The fraction of sp³-hybridized carbons (Fsp3) is 0.438. The normalized spacial score (nSPS) is 18.3. The SMILES string of the molecule is O=C(NCC(O)COc1ccc(F)c(F)c1)NC1CC=CCC1. The first-order chi connectivity index (χ1) is 11.0. The number of rotatable bonds is 6. The summed E-state index contributed by atoms with van der Waals surface area (Å²) in [4.78, 5) is 11.7. The van der Waals surface area contributed by atoms with Crippen LogP contribution in [0, 0.1) is 11.6 Å². The Kier molecular flexibility index (Phi) is 6.34. The van der Waals surface area contributed by atoms with E-state index >= 15 is 0 Å². The smallest absolute Gasteiger partial charge is 0.315 e. The molecular weight excluding hydrogens is 306 g/mol. The Hall–Kier alpha value is -2.15. The number of hydrogen-bond acceptors (Lipinski definition) is 3. The van der Waals surface area contributed by atoms with Crippen molar-refractivity contribution in [3.63, 3.8) is 0 Å². The van der Waals surface area contributed by atoms with E-state index in [1.165, 1.54) is 6.07 Å². The summed E-state index contributed by atoms with van der Waals surface area (Å²) in [5.74, 6) is -1.87. The highest BCUT2D eigenvalue weighted by Crippen LogP contribution is 2.15. The average molecular weight is 326 g/mol. The van der Waals surface area contributed by atoms with Gasteiger partial charge in [0, 0.05) is 18.7 Å². The van der Waals surface area contributed by atoms with Crippen molar-refractivity contribution >= 4 is 6.03 Å². The van der Waals surface area contributed by atoms with Crippen molar-refractivity contribution in [2.45, 2.75) is 31.4 Å². The zero-order valence-electron chi connectivity index (χ0n) is 12.6. The van der Waals surface area contributed by atoms with E-state index in [0.29, 0.717) is 0 Å². The van der Waals surface area contributed by atoms with E-state index in [9.17, 15) is 18.7 Å². The molecule has 7 heteroatoms. The van der Waals surface area contributed by atoms with E-state index < -0.39 is 17.7 Å². The van der Waals surface area contributed by atoms with Gasteiger partial charge in [-0.2, -0.15) is 0 Å². The second-order valence-corrected chi connectivity index (χ2v) is 5.38. The number of aliphatic hydroxyl groups excluding tert-OH is 1. The lowest BCUT2D eigenvalue weighted by Crippen LogP contribution is -2.45. The highest BCUT2D eigenvalue weighted by Gasteiger charge is 2.14. The second kappa shape index (κ2) is 8.47. The first kappa shape index (κ1) is 17.2. The molecule has 1 aromatic rings. The van der Waals surface area contributed by atoms with Crippen LogP contribution in [-0.2, 0) is 0 Å². The van der Waals surface area contributed by atoms with E-state index in [1.54, 1.807) is 0 Å². The van der Waals surface area contributed by atoms with Gasteiger partial charge >= 0.3 is 6.03 Å². The second-order valence-electron chi connectivity index (χ2n) is 5.38. The summed E-state index contributed by atoms with van der Waals surface area (Å²) in [6.07, 6.45) is 5.78. The standard InChI is InChI=1S/C16H20F2N2O3/c17-14-7-6-13(8-15(14)18)23-10-12(21)9-19-16(22)20-11-4-2-1-3-5-11/h1-2,6-8,11-12,21H,3-5,9-10H2,(H2,19,20,22). The third kappa shape index (κ3) is 5.86. The average Bonchev–Trinajstić information content (AvgIpc) is 2.55. The van der Waals surface area contributed by atoms with Gasteiger partial charge in [0.05, 0.1) is 0 Å². The molecule has 2 atom stereocenters. The maximum Gasteiger partial charge on any atom is 0.315 e. The monoisotopic (exact) mass is 326 g/mol. The molecule has 1 aromatic carbocycles. The fourth-order valence-electron chi connectivity index (χ4n) is 2.19. The van der Waals surface area contributed by atoms with Crippen molar-refractivity contribution in [3.8, 4) is 5.75 Å². The van der Waals surface area contributed by atoms with Crippen molar-refractivity contribution in [1.29, 1.82) is 0 Å². The van der Waals surface area contributed by atoms with Crippen molar-refractivity contribution < 1.29 is 23.4 Å². The summed E-state index contributed by atoms with van der Waals surface area (Å²) in [5, 5.41) is 15.1. The maximum atomic E-state index is 13.0. The molecule has 5 nitrogen and oxygen atoms in total. The molecule has 0 spiro atoms. The van der Waals surface area contributed by atoms with Gasteiger partial charge in [-0.15, -0.1) is 0 Å². The first-order valence-corrected chi connectivity index (χ1v) is 7.50. The van der Waals surface area contributed by atoms with Crippen LogP contribution < -0.4 is 15.4 Å². The van der Waals surface area contributed by atoms with Crippen molar-refractivity contribution in [2.24, 2.45) is 0 Å². The van der Waals surface area contributed by atoms with Crippen LogP contribution >= 0.6 is 0 Å². The molecule has 0 radical (unpaired) electrons. The number of allylic oxidation sites excluding steroid dienone is 1. The quantitative estimate of drug-likeness (QED) is 0.701. The molecule has 0 heterocycles. The zero-order chi connectivity index (χ0) is 16.7. The van der Waals surface area contributed by atoms with Crippen LogP contribution in [0.2, 0.25) is 0 Å². The van der Waals surface area contributed by atoms with E-state index in [-0.39, 0.29) is 31.0 Å². The number of nitrogens with one attached hydrogen (secondary N) is 2. The number of carbonyl (C=O) groups is 1. The van der Waals surface area contributed by atoms with E-state index in [1.807, 2.05) is 6.08 Å². The minimum absolute atomic E-state index is 0.00192. The minimum Gasteiger partial charge on any atom is -0.491 e. The van der Waals surface area contributed by atoms with E-state index in [0.717, 1.165) is 31.4 Å². The number of amides is 2. The first-order valence-electron chi connectivity index (χ1n) is 7.50. The van der Waals surface area contributed by atoms with Gasteiger partial charge in [-0.3, -0.25) is 0 Å². The van der Waals surface area contributed by atoms with Gasteiger partial charge in [0.25, 0.3) is 0 Å². The molecule has 0 saturated heterocycles. The Morgan fingerprint density at radius 1 is 1.35 bits per heavy atom. The molecule has 0 saturated carbocycles. The predicted molar refractivity (Wildman–Crippen MR) is 81.2 cm³/mol. The number of ether oxygens (including phenoxy) is 1. The number of urea groups is 1. The van der Waals surface area contributed by atoms with Crippen LogP contribution in [0.15, 0.2) is 30.4 Å². The molecule has 0 aromatic heterocycles. The molecule has 1 aliphatic rings. The number of hydrogen-bond donors (Lipinski definition) is 3. The van der Waals surface area contributed by atoms with E-state index in [4.69, 9.17) is 4.74 Å². The number of benzene rings is 1. The molecule has 2 unspecified atom stereocenters. The van der Waals surface area contributed by atoms with Gasteiger partial charge in [0.2, 0.25) is 0 Å². The van der Waals surface area contributed by atoms with Crippen LogP contribution in [0.3, 0.4) is 0 Å². The lowest BCUT2D eigenvalue weighted by atomic mass is 10.0. The van der Waals surface area contributed by atoms with Gasteiger partial charge in [0.15, 0.2) is 11.6 Å². The molecule has 1 aliphatic carbocycles. The van der Waals surface area contributed by atoms with E-state index in [2.05, 4.69) is 16.7 Å². The molecular formula is C16H20F2N2O3. The molecule has 0 aliphatic heterocycles. The van der Waals surface area contributed by atoms with Crippen LogP contribution in [0.1, 0.15) is 19.3 Å². The molecule has 2 amide bonds. The Labute approximate surface area is 133 Å². The summed E-state index contributed by atoms with van der Waals surface area (Å²) in [7, 11) is 0. The number of halogens is 2. The number of aliphatic hydroxyl groups is 1. The predicted octanol–water partition coefficient (Wildman–Crippen LogP) is 2.11. The maximum absolute atomic E-state index is 13.0. The molecule has 0 bridgehead atoms. The fourth-order valence-corrected chi connectivity index (χ4v) is 2.19. The van der Waals surface area contributed by atoms with Crippen LogP contribution in [0.5, 0.6) is 5.75 Å². The topological polar surface area (TPSA) is 70.6 Å². The lowest BCUT2D eigenvalue weighted by Gasteiger charge is -2.20. The summed E-state index contributed by atoms with van der Waals surface area (Å²) >= 11 is 0. The van der Waals surface area contributed by atoms with Crippen LogP contribution in [0.4, 0.5) is 13.6 Å². The largest absolute Gasteiger partial charge is 0.491 e. The van der Waals surface area contributed by atoms with Gasteiger partial charge in [-0.05, 0) is 31.4 Å². The zero-order valence-corrected chi connectivity index (χ0v) is 12.6. The van der Waals surface area contributed by atoms with Crippen molar-refractivity contribution in [1.82, 2.24) is 10.6 Å². The third-order valence-electron chi connectivity index (χ3n) is 3.44. The summed E-state index contributed by atoms with van der Waals surface area (Å²) in [6, 6.07) is 2.87. The molecule has 0 fully saturated rings. The van der Waals surface area contributed by atoms with Gasteiger partial charge in [-0.1, -0.05) is 12.2 Å². The Morgan fingerprint density at radius 2 is 2.17 bits per heavy atom. The van der Waals surface area contributed by atoms with Gasteiger partial charge in [0.1, 0.15) is 18.5 Å². The summed E-state index contributed by atoms with van der Waals surface area (Å²) in [6.45, 7) is -0.143. The van der Waals surface area contributed by atoms with Crippen molar-refractivity contribution in [2.75, 3.05) is 13.2 Å². The lowest BCUT2D eigenvalue weighted by molar-refractivity contribution is 0.107. The van der Waals surface area contributed by atoms with Crippen LogP contribution in [0.25, 0.3) is 0 Å². The Morgan fingerprint density at radius 3 is 2.87 bits per heavy atom. The van der Waals surface area contributed by atoms with Crippen LogP contribution in [-0.4, -0.2) is 36.4 Å². The van der Waals surface area contributed by atoms with Crippen molar-refractivity contribution in [3.05, 3.63) is 42.0 Å². The summed E-state index contributed by atoms with van der Waals surface area (Å²) in [5.41, 5.74) is 0. The third-order valence-corrected chi connectivity index (χ3v) is 3.44. The van der Waals surface area contributed by atoms with Gasteiger partial charge in [-0.25, -0.2) is 13.6 Å². The molecule has 3 N–H and O–H groups in total.